The van der Waals surface area contributed by atoms with Crippen molar-refractivity contribution in [2.24, 2.45) is 0 Å². The van der Waals surface area contributed by atoms with Gasteiger partial charge in [-0.25, -0.2) is 0 Å². The molecule has 0 saturated heterocycles. The molecule has 0 atom stereocenters. The van der Waals surface area contributed by atoms with Crippen molar-refractivity contribution in [3.8, 4) is 0 Å². The monoisotopic (exact) mass is 172 g/mol. The number of hydrogen-bond donors (Lipinski definition) is 0. The van der Waals surface area contributed by atoms with E-state index in [-0.39, 0.29) is 0 Å². The van der Waals surface area contributed by atoms with Crippen LogP contribution >= 0.6 is 0 Å². The van der Waals surface area contributed by atoms with Gasteiger partial charge >= 0.3 is 0 Å². The van der Waals surface area contributed by atoms with Crippen LogP contribution in [0.4, 0.5) is 0 Å². The Bertz CT molecular complexity index is 310. The van der Waals surface area contributed by atoms with Crippen LogP contribution in [0.5, 0.6) is 0 Å². The minimum absolute atomic E-state index is 1.11. The molecule has 0 heteroatoms. The van der Waals surface area contributed by atoms with Crippen molar-refractivity contribution in [2.75, 3.05) is 0 Å². The lowest BCUT2D eigenvalue weighted by molar-refractivity contribution is 0.922. The summed E-state index contributed by atoms with van der Waals surface area (Å²) in [6.07, 6.45) is 2.37. The van der Waals surface area contributed by atoms with Gasteiger partial charge in [-0.1, -0.05) is 44.2 Å². The zero-order valence-corrected chi connectivity index (χ0v) is 8.43. The van der Waals surface area contributed by atoms with Crippen LogP contribution < -0.4 is 0 Å². The Labute approximate surface area is 80.6 Å². The van der Waals surface area contributed by atoms with E-state index in [0.29, 0.717) is 0 Å². The van der Waals surface area contributed by atoms with E-state index in [0.717, 1.165) is 12.0 Å². The predicted octanol–water partition coefficient (Wildman–Crippen LogP) is 3.83. The number of rotatable bonds is 3. The third kappa shape index (κ3) is 2.61. The first-order valence-electron chi connectivity index (χ1n) is 4.74. The lowest BCUT2D eigenvalue weighted by Crippen LogP contribution is -1.84. The van der Waals surface area contributed by atoms with Gasteiger partial charge in [0.05, 0.1) is 0 Å². The lowest BCUT2D eigenvalue weighted by Gasteiger charge is -2.01. The van der Waals surface area contributed by atoms with Crippen molar-refractivity contribution in [1.82, 2.24) is 0 Å². The fraction of sp³-hybridized carbons (Fsp3) is 0.308. The van der Waals surface area contributed by atoms with Crippen LogP contribution in [0.15, 0.2) is 36.6 Å². The number of allylic oxidation sites excluding steroid dienone is 1. The van der Waals surface area contributed by atoms with Crippen LogP contribution in [0, 0.1) is 0 Å². The molecule has 0 amide bonds. The van der Waals surface area contributed by atoms with Crippen molar-refractivity contribution >= 4 is 5.57 Å². The van der Waals surface area contributed by atoms with E-state index in [1.54, 1.807) is 0 Å². The van der Waals surface area contributed by atoms with Gasteiger partial charge in [0, 0.05) is 0 Å². The highest BCUT2D eigenvalue weighted by Crippen LogP contribution is 2.13. The summed E-state index contributed by atoms with van der Waals surface area (Å²) < 4.78 is 0. The highest BCUT2D eigenvalue weighted by atomic mass is 14.0. The first kappa shape index (κ1) is 9.83. The third-order valence-electron chi connectivity index (χ3n) is 2.19. The van der Waals surface area contributed by atoms with Crippen LogP contribution in [0.3, 0.4) is 0 Å². The van der Waals surface area contributed by atoms with Gasteiger partial charge in [-0.05, 0) is 30.0 Å². The molecule has 1 rings (SSSR count). The second-order valence-electron chi connectivity index (χ2n) is 3.25. The molecule has 0 saturated carbocycles. The topological polar surface area (TPSA) is 0 Å². The molecule has 13 heavy (non-hydrogen) atoms. The molecule has 0 aromatic heterocycles. The minimum Gasteiger partial charge on any atom is -0.125 e. The van der Waals surface area contributed by atoms with Crippen molar-refractivity contribution in [3.05, 3.63) is 47.7 Å². The summed E-state index contributed by atoms with van der Waals surface area (Å²) in [5.41, 5.74) is 6.64. The van der Waals surface area contributed by atoms with Crippen molar-refractivity contribution in [1.29, 1.82) is 0 Å². The Morgan fingerprint density at radius 2 is 1.92 bits per heavy atom. The Balaban J connectivity index is 2.87. The SMILES string of the molecule is C=C=C(C)c1ccc(CCC)cc1. The van der Waals surface area contributed by atoms with Crippen LogP contribution in [0.25, 0.3) is 5.57 Å². The summed E-state index contributed by atoms with van der Waals surface area (Å²) in [5.74, 6) is 0. The molecule has 0 fully saturated rings. The molecule has 0 aliphatic carbocycles. The Morgan fingerprint density at radius 1 is 1.31 bits per heavy atom. The van der Waals surface area contributed by atoms with E-state index in [1.165, 1.54) is 17.5 Å². The van der Waals surface area contributed by atoms with Crippen molar-refractivity contribution < 1.29 is 0 Å². The van der Waals surface area contributed by atoms with Gasteiger partial charge in [-0.15, -0.1) is 5.73 Å². The van der Waals surface area contributed by atoms with E-state index in [4.69, 9.17) is 0 Å². The smallest absolute Gasteiger partial charge is 0.00252 e. The molecule has 0 aliphatic heterocycles. The highest BCUT2D eigenvalue weighted by Gasteiger charge is 1.94. The van der Waals surface area contributed by atoms with Crippen LogP contribution in [0.1, 0.15) is 31.4 Å². The van der Waals surface area contributed by atoms with E-state index in [2.05, 4.69) is 43.5 Å². The van der Waals surface area contributed by atoms with E-state index >= 15 is 0 Å². The van der Waals surface area contributed by atoms with E-state index < -0.39 is 0 Å². The molecule has 0 aliphatic rings. The number of aryl methyl sites for hydroxylation is 1. The molecule has 0 nitrogen and oxygen atoms in total. The molecule has 0 radical (unpaired) electrons. The van der Waals surface area contributed by atoms with Crippen LogP contribution in [0.2, 0.25) is 0 Å². The van der Waals surface area contributed by atoms with Gasteiger partial charge in [0.25, 0.3) is 0 Å². The van der Waals surface area contributed by atoms with E-state index in [9.17, 15) is 0 Å². The van der Waals surface area contributed by atoms with Gasteiger partial charge in [0.2, 0.25) is 0 Å². The molecule has 1 aromatic rings. The fourth-order valence-electron chi connectivity index (χ4n) is 1.31. The normalized spacial score (nSPS) is 9.38. The largest absolute Gasteiger partial charge is 0.125 e. The van der Waals surface area contributed by atoms with Gasteiger partial charge in [0.15, 0.2) is 0 Å². The maximum absolute atomic E-state index is 3.63. The standard InChI is InChI=1S/C13H16/c1-4-6-12-7-9-13(10-8-12)11(3)5-2/h7-10H,2,4,6H2,1,3H3. The second-order valence-corrected chi connectivity index (χ2v) is 3.25. The van der Waals surface area contributed by atoms with Crippen LogP contribution in [-0.2, 0) is 6.42 Å². The molecule has 0 spiro atoms. The Hall–Kier alpha value is -1.26. The fourth-order valence-corrected chi connectivity index (χ4v) is 1.31. The van der Waals surface area contributed by atoms with E-state index in [1.807, 2.05) is 6.92 Å². The summed E-state index contributed by atoms with van der Waals surface area (Å²) in [4.78, 5) is 0. The maximum Gasteiger partial charge on any atom is -0.00252 e. The first-order chi connectivity index (χ1) is 6.27. The Morgan fingerprint density at radius 3 is 2.38 bits per heavy atom. The molecular formula is C13H16. The quantitative estimate of drug-likeness (QED) is 0.608. The van der Waals surface area contributed by atoms with Gasteiger partial charge < -0.3 is 0 Å². The predicted molar refractivity (Wildman–Crippen MR) is 58.7 cm³/mol. The van der Waals surface area contributed by atoms with Gasteiger partial charge in [-0.3, -0.25) is 0 Å². The molecular weight excluding hydrogens is 156 g/mol. The average Bonchev–Trinajstić information content (AvgIpc) is 2.18. The van der Waals surface area contributed by atoms with Crippen molar-refractivity contribution in [2.45, 2.75) is 26.7 Å². The average molecular weight is 172 g/mol. The second kappa shape index (κ2) is 4.69. The molecule has 1 aromatic carbocycles. The molecule has 0 N–H and O–H groups in total. The van der Waals surface area contributed by atoms with Gasteiger partial charge in [0.1, 0.15) is 0 Å². The maximum atomic E-state index is 3.63. The number of hydrogen-bond acceptors (Lipinski definition) is 0. The lowest BCUT2D eigenvalue weighted by atomic mass is 10.0. The highest BCUT2D eigenvalue weighted by molar-refractivity contribution is 5.62. The Kier molecular flexibility index (Phi) is 3.54. The first-order valence-corrected chi connectivity index (χ1v) is 4.74. The van der Waals surface area contributed by atoms with Crippen molar-refractivity contribution in [3.63, 3.8) is 0 Å². The number of benzene rings is 1. The minimum atomic E-state index is 1.11. The zero-order chi connectivity index (χ0) is 9.68. The summed E-state index contributed by atoms with van der Waals surface area (Å²) >= 11 is 0. The summed E-state index contributed by atoms with van der Waals surface area (Å²) in [6, 6.07) is 8.64. The molecule has 0 unspecified atom stereocenters. The molecule has 0 bridgehead atoms. The zero-order valence-electron chi connectivity index (χ0n) is 8.43. The molecule has 0 heterocycles. The summed E-state index contributed by atoms with van der Waals surface area (Å²) in [6.45, 7) is 7.86. The van der Waals surface area contributed by atoms with Gasteiger partial charge in [-0.2, -0.15) is 0 Å². The third-order valence-corrected chi connectivity index (χ3v) is 2.19. The molecule has 68 valence electrons. The summed E-state index contributed by atoms with van der Waals surface area (Å²) in [7, 11) is 0. The summed E-state index contributed by atoms with van der Waals surface area (Å²) in [5, 5.41) is 0. The van der Waals surface area contributed by atoms with Crippen LogP contribution in [-0.4, -0.2) is 0 Å².